The Bertz CT molecular complexity index is 397. The van der Waals surface area contributed by atoms with Gasteiger partial charge in [-0.05, 0) is 27.4 Å². The summed E-state index contributed by atoms with van der Waals surface area (Å²) in [7, 11) is 3.85. The maximum absolute atomic E-state index is 12.0. The fourth-order valence-corrected chi connectivity index (χ4v) is 1.96. The summed E-state index contributed by atoms with van der Waals surface area (Å²) in [6.07, 6.45) is -1.34. The van der Waals surface area contributed by atoms with Crippen molar-refractivity contribution in [1.29, 1.82) is 0 Å². The molecule has 0 radical (unpaired) electrons. The predicted molar refractivity (Wildman–Crippen MR) is 69.6 cm³/mol. The predicted octanol–water partition coefficient (Wildman–Crippen LogP) is 0.483. The van der Waals surface area contributed by atoms with E-state index in [0.717, 1.165) is 0 Å². The van der Waals surface area contributed by atoms with Crippen LogP contribution in [0.5, 0.6) is 0 Å². The SMILES string of the molecule is CC(OC(=O)O)[C@@H]1CCN(CC#CCN(C)C)C1=O. The molecule has 0 aromatic heterocycles. The normalized spacial score (nSPS) is 20.1. The van der Waals surface area contributed by atoms with Gasteiger partial charge in [0.1, 0.15) is 6.10 Å². The number of nitrogens with zero attached hydrogens (tertiary/aromatic N) is 2. The maximum Gasteiger partial charge on any atom is 0.506 e. The molecule has 1 heterocycles. The van der Waals surface area contributed by atoms with Gasteiger partial charge in [-0.1, -0.05) is 11.8 Å². The van der Waals surface area contributed by atoms with Gasteiger partial charge < -0.3 is 14.7 Å². The number of ether oxygens (including phenoxy) is 1. The first-order valence-corrected chi connectivity index (χ1v) is 6.20. The van der Waals surface area contributed by atoms with E-state index in [0.29, 0.717) is 26.1 Å². The molecule has 0 bridgehead atoms. The van der Waals surface area contributed by atoms with Crippen LogP contribution in [0, 0.1) is 17.8 Å². The molecule has 0 saturated carbocycles. The van der Waals surface area contributed by atoms with Gasteiger partial charge in [0.2, 0.25) is 5.91 Å². The topological polar surface area (TPSA) is 70.1 Å². The van der Waals surface area contributed by atoms with Gasteiger partial charge in [0.25, 0.3) is 0 Å². The smallest absolute Gasteiger partial charge is 0.450 e. The Morgan fingerprint density at radius 3 is 2.84 bits per heavy atom. The van der Waals surface area contributed by atoms with Crippen molar-refractivity contribution in [2.24, 2.45) is 5.92 Å². The Hall–Kier alpha value is -1.74. The molecule has 0 aromatic carbocycles. The lowest BCUT2D eigenvalue weighted by Gasteiger charge is -2.17. The highest BCUT2D eigenvalue weighted by Gasteiger charge is 2.36. The monoisotopic (exact) mass is 268 g/mol. The highest BCUT2D eigenvalue weighted by atomic mass is 16.7. The average molecular weight is 268 g/mol. The van der Waals surface area contributed by atoms with Crippen LogP contribution in [0.15, 0.2) is 0 Å². The van der Waals surface area contributed by atoms with E-state index >= 15 is 0 Å². The summed E-state index contributed by atoms with van der Waals surface area (Å²) in [4.78, 5) is 26.1. The Labute approximate surface area is 113 Å². The fraction of sp³-hybridized carbons (Fsp3) is 0.692. The summed E-state index contributed by atoms with van der Waals surface area (Å²) in [6, 6.07) is 0. The molecule has 1 fully saturated rings. The summed E-state index contributed by atoms with van der Waals surface area (Å²) in [6.45, 7) is 3.26. The van der Waals surface area contributed by atoms with Crippen molar-refractivity contribution >= 4 is 12.1 Å². The molecule has 1 rings (SSSR count). The van der Waals surface area contributed by atoms with Crippen LogP contribution in [0.1, 0.15) is 13.3 Å². The van der Waals surface area contributed by atoms with Crippen LogP contribution in [-0.2, 0) is 9.53 Å². The number of hydrogen-bond donors (Lipinski definition) is 1. The van der Waals surface area contributed by atoms with Gasteiger partial charge in [0, 0.05) is 6.54 Å². The zero-order valence-corrected chi connectivity index (χ0v) is 11.5. The highest BCUT2D eigenvalue weighted by molar-refractivity contribution is 5.82. The van der Waals surface area contributed by atoms with Crippen LogP contribution in [0.3, 0.4) is 0 Å². The summed E-state index contributed by atoms with van der Waals surface area (Å²) in [5.74, 6) is 5.45. The molecular formula is C13H20N2O4. The van der Waals surface area contributed by atoms with E-state index in [4.69, 9.17) is 5.11 Å². The molecule has 1 amide bonds. The fourth-order valence-electron chi connectivity index (χ4n) is 1.96. The molecule has 1 aliphatic rings. The molecule has 6 nitrogen and oxygen atoms in total. The van der Waals surface area contributed by atoms with Crippen molar-refractivity contribution in [3.8, 4) is 11.8 Å². The number of amides is 1. The van der Waals surface area contributed by atoms with Crippen LogP contribution in [-0.4, -0.2) is 66.8 Å². The molecule has 0 aromatic rings. The molecule has 0 aliphatic carbocycles. The molecule has 106 valence electrons. The Kier molecular flexibility index (Phi) is 5.64. The molecule has 19 heavy (non-hydrogen) atoms. The quantitative estimate of drug-likeness (QED) is 0.593. The molecule has 0 spiro atoms. The minimum absolute atomic E-state index is 0.0760. The zero-order valence-electron chi connectivity index (χ0n) is 11.5. The first kappa shape index (κ1) is 15.3. The standard InChI is InChI=1S/C13H20N2O4/c1-10(19-13(17)18)11-6-9-15(12(11)16)8-5-4-7-14(2)3/h10-11H,6-9H2,1-3H3,(H,17,18)/t10?,11-/m0/s1. The second kappa shape index (κ2) is 7.00. The average Bonchev–Trinajstić information content (AvgIpc) is 2.65. The van der Waals surface area contributed by atoms with Gasteiger partial charge in [0.05, 0.1) is 19.0 Å². The van der Waals surface area contributed by atoms with E-state index in [2.05, 4.69) is 16.6 Å². The number of rotatable bonds is 4. The van der Waals surface area contributed by atoms with Crippen molar-refractivity contribution in [1.82, 2.24) is 9.80 Å². The molecule has 1 unspecified atom stereocenters. The van der Waals surface area contributed by atoms with Crippen LogP contribution >= 0.6 is 0 Å². The zero-order chi connectivity index (χ0) is 14.4. The van der Waals surface area contributed by atoms with E-state index in [1.54, 1.807) is 11.8 Å². The minimum Gasteiger partial charge on any atom is -0.450 e. The van der Waals surface area contributed by atoms with E-state index in [1.807, 2.05) is 19.0 Å². The van der Waals surface area contributed by atoms with Gasteiger partial charge in [-0.2, -0.15) is 0 Å². The molecule has 2 atom stereocenters. The van der Waals surface area contributed by atoms with Gasteiger partial charge in [-0.25, -0.2) is 4.79 Å². The lowest BCUT2D eigenvalue weighted by Crippen LogP contribution is -2.33. The van der Waals surface area contributed by atoms with Crippen LogP contribution in [0.25, 0.3) is 0 Å². The maximum atomic E-state index is 12.0. The van der Waals surface area contributed by atoms with Crippen molar-refractivity contribution in [2.45, 2.75) is 19.4 Å². The van der Waals surface area contributed by atoms with Crippen molar-refractivity contribution in [3.63, 3.8) is 0 Å². The van der Waals surface area contributed by atoms with E-state index < -0.39 is 12.3 Å². The van der Waals surface area contributed by atoms with Gasteiger partial charge in [-0.3, -0.25) is 9.69 Å². The van der Waals surface area contributed by atoms with Gasteiger partial charge in [0.15, 0.2) is 0 Å². The molecule has 1 N–H and O–H groups in total. The van der Waals surface area contributed by atoms with Crippen molar-refractivity contribution in [2.75, 3.05) is 33.7 Å². The summed E-state index contributed by atoms with van der Waals surface area (Å²) in [5.41, 5.74) is 0. The molecule has 1 saturated heterocycles. The Balaban J connectivity index is 2.46. The van der Waals surface area contributed by atoms with Crippen molar-refractivity contribution in [3.05, 3.63) is 0 Å². The largest absolute Gasteiger partial charge is 0.506 e. The first-order valence-electron chi connectivity index (χ1n) is 6.20. The molecule has 1 aliphatic heterocycles. The lowest BCUT2D eigenvalue weighted by atomic mass is 10.0. The number of carboxylic acid groups (broad SMARTS) is 1. The number of carbonyl (C=O) groups excluding carboxylic acids is 1. The van der Waals surface area contributed by atoms with Crippen LogP contribution in [0.4, 0.5) is 4.79 Å². The summed E-state index contributed by atoms with van der Waals surface area (Å²) >= 11 is 0. The molecular weight excluding hydrogens is 248 g/mol. The summed E-state index contributed by atoms with van der Waals surface area (Å²) < 4.78 is 4.64. The second-order valence-corrected chi connectivity index (χ2v) is 4.84. The first-order chi connectivity index (χ1) is 8.91. The highest BCUT2D eigenvalue weighted by Crippen LogP contribution is 2.22. The lowest BCUT2D eigenvalue weighted by molar-refractivity contribution is -0.133. The minimum atomic E-state index is -1.34. The van der Waals surface area contributed by atoms with E-state index in [1.165, 1.54) is 0 Å². The number of hydrogen-bond acceptors (Lipinski definition) is 4. The van der Waals surface area contributed by atoms with Crippen LogP contribution in [0.2, 0.25) is 0 Å². The third-order valence-corrected chi connectivity index (χ3v) is 2.98. The Morgan fingerprint density at radius 1 is 1.58 bits per heavy atom. The molecule has 6 heteroatoms. The van der Waals surface area contributed by atoms with Crippen molar-refractivity contribution < 1.29 is 19.4 Å². The number of carbonyl (C=O) groups is 2. The van der Waals surface area contributed by atoms with Gasteiger partial charge >= 0.3 is 6.16 Å². The third kappa shape index (κ3) is 4.79. The van der Waals surface area contributed by atoms with E-state index in [9.17, 15) is 9.59 Å². The van der Waals surface area contributed by atoms with Gasteiger partial charge in [-0.15, -0.1) is 0 Å². The second-order valence-electron chi connectivity index (χ2n) is 4.84. The summed E-state index contributed by atoms with van der Waals surface area (Å²) in [5, 5.41) is 8.55. The number of likely N-dealkylation sites (tertiary alicyclic amines) is 1. The third-order valence-electron chi connectivity index (χ3n) is 2.98. The Morgan fingerprint density at radius 2 is 2.26 bits per heavy atom. The van der Waals surface area contributed by atoms with E-state index in [-0.39, 0.29) is 11.8 Å². The van der Waals surface area contributed by atoms with Crippen LogP contribution < -0.4 is 0 Å².